The third-order valence-corrected chi connectivity index (χ3v) is 2.03. The van der Waals surface area contributed by atoms with E-state index in [-0.39, 0.29) is 5.41 Å². The summed E-state index contributed by atoms with van der Waals surface area (Å²) in [6.07, 6.45) is 4.17. The maximum atomic E-state index is 8.55. The quantitative estimate of drug-likeness (QED) is 0.503. The molecular formula is C7H10N. The fraction of sp³-hybridized carbons (Fsp3) is 0.714. The molecule has 0 saturated heterocycles. The molecule has 0 aromatic rings. The zero-order chi connectivity index (χ0) is 6.04. The van der Waals surface area contributed by atoms with Crippen molar-refractivity contribution in [2.24, 2.45) is 5.41 Å². The van der Waals surface area contributed by atoms with E-state index in [0.717, 1.165) is 19.3 Å². The minimum atomic E-state index is 0. The number of rotatable bonds is 1. The van der Waals surface area contributed by atoms with Crippen LogP contribution in [0.15, 0.2) is 0 Å². The second-order valence-corrected chi connectivity index (χ2v) is 2.50. The van der Waals surface area contributed by atoms with Gasteiger partial charge in [0.05, 0.1) is 11.5 Å². The molecule has 0 aromatic heterocycles. The summed E-state index contributed by atoms with van der Waals surface area (Å²) in [4.78, 5) is 0. The van der Waals surface area contributed by atoms with Gasteiger partial charge in [-0.3, -0.25) is 0 Å². The van der Waals surface area contributed by atoms with Gasteiger partial charge in [-0.05, 0) is 19.3 Å². The molecule has 0 atom stereocenters. The van der Waals surface area contributed by atoms with E-state index >= 15 is 0 Å². The molecule has 1 nitrogen and oxygen atoms in total. The minimum Gasteiger partial charge on any atom is -0.198 e. The first-order valence-electron chi connectivity index (χ1n) is 3.03. The van der Waals surface area contributed by atoms with Crippen LogP contribution < -0.4 is 0 Å². The molecule has 0 unspecified atom stereocenters. The highest BCUT2D eigenvalue weighted by molar-refractivity contribution is 5.04. The maximum absolute atomic E-state index is 8.55. The maximum Gasteiger partial charge on any atom is 0.0689 e. The van der Waals surface area contributed by atoms with Gasteiger partial charge >= 0.3 is 0 Å². The largest absolute Gasteiger partial charge is 0.198 e. The van der Waals surface area contributed by atoms with Crippen molar-refractivity contribution >= 4 is 0 Å². The summed E-state index contributed by atoms with van der Waals surface area (Å²) in [6.45, 7) is 3.73. The molecule has 1 fully saturated rings. The second kappa shape index (κ2) is 1.78. The van der Waals surface area contributed by atoms with Crippen molar-refractivity contribution in [1.82, 2.24) is 0 Å². The molecule has 0 amide bonds. The number of hydrogen-bond donors (Lipinski definition) is 0. The lowest BCUT2D eigenvalue weighted by Gasteiger charge is -2.33. The van der Waals surface area contributed by atoms with Gasteiger partial charge in [0.25, 0.3) is 0 Å². The Balaban J connectivity index is 2.49. The molecule has 0 N–H and O–H groups in total. The lowest BCUT2D eigenvalue weighted by molar-refractivity contribution is 0.217. The molecule has 1 aliphatic carbocycles. The van der Waals surface area contributed by atoms with Gasteiger partial charge in [-0.2, -0.15) is 5.26 Å². The van der Waals surface area contributed by atoms with E-state index in [1.54, 1.807) is 0 Å². The van der Waals surface area contributed by atoms with E-state index in [0.29, 0.717) is 0 Å². The highest BCUT2D eigenvalue weighted by Crippen LogP contribution is 2.42. The summed E-state index contributed by atoms with van der Waals surface area (Å²) in [5.74, 6) is 0. The smallest absolute Gasteiger partial charge is 0.0689 e. The fourth-order valence-corrected chi connectivity index (χ4v) is 1.02. The molecule has 0 aliphatic heterocycles. The van der Waals surface area contributed by atoms with E-state index in [1.165, 1.54) is 6.42 Å². The van der Waals surface area contributed by atoms with Gasteiger partial charge in [-0.25, -0.2) is 0 Å². The van der Waals surface area contributed by atoms with Crippen LogP contribution in [0.4, 0.5) is 0 Å². The van der Waals surface area contributed by atoms with Crippen molar-refractivity contribution in [3.8, 4) is 6.07 Å². The zero-order valence-electron chi connectivity index (χ0n) is 4.98. The Labute approximate surface area is 50.3 Å². The van der Waals surface area contributed by atoms with Gasteiger partial charge in [0.1, 0.15) is 0 Å². The van der Waals surface area contributed by atoms with Crippen LogP contribution in [0.5, 0.6) is 0 Å². The average Bonchev–Trinajstić information content (AvgIpc) is 1.67. The van der Waals surface area contributed by atoms with Gasteiger partial charge in [0.15, 0.2) is 0 Å². The Morgan fingerprint density at radius 2 is 2.25 bits per heavy atom. The van der Waals surface area contributed by atoms with E-state index in [4.69, 9.17) is 5.26 Å². The lowest BCUT2D eigenvalue weighted by Crippen LogP contribution is -2.26. The summed E-state index contributed by atoms with van der Waals surface area (Å²) in [5.41, 5.74) is 0. The van der Waals surface area contributed by atoms with Crippen LogP contribution in [-0.2, 0) is 0 Å². The molecule has 0 bridgehead atoms. The minimum absolute atomic E-state index is 0. The Bertz CT molecular complexity index is 111. The molecular weight excluding hydrogens is 98.1 g/mol. The van der Waals surface area contributed by atoms with Gasteiger partial charge in [0.2, 0.25) is 0 Å². The van der Waals surface area contributed by atoms with Crippen molar-refractivity contribution in [1.29, 1.82) is 5.26 Å². The van der Waals surface area contributed by atoms with Gasteiger partial charge in [-0.15, -0.1) is 0 Å². The molecule has 1 rings (SSSR count). The fourth-order valence-electron chi connectivity index (χ4n) is 1.02. The third-order valence-electron chi connectivity index (χ3n) is 2.03. The van der Waals surface area contributed by atoms with E-state index in [9.17, 15) is 0 Å². The third kappa shape index (κ3) is 0.608. The summed E-state index contributed by atoms with van der Waals surface area (Å²) < 4.78 is 0. The standard InChI is InChI=1S/C7H10N/c1-2-7(6-8)4-3-5-7/h1-5H2. The molecule has 0 heterocycles. The Morgan fingerprint density at radius 1 is 1.62 bits per heavy atom. The van der Waals surface area contributed by atoms with Crippen molar-refractivity contribution in [2.75, 3.05) is 0 Å². The van der Waals surface area contributed by atoms with E-state index in [2.05, 4.69) is 13.0 Å². The summed E-state index contributed by atoms with van der Waals surface area (Å²) >= 11 is 0. The second-order valence-electron chi connectivity index (χ2n) is 2.50. The van der Waals surface area contributed by atoms with Crippen LogP contribution >= 0.6 is 0 Å². The molecule has 1 saturated carbocycles. The molecule has 1 heteroatoms. The lowest BCUT2D eigenvalue weighted by atomic mass is 9.68. The van der Waals surface area contributed by atoms with Crippen molar-refractivity contribution in [3.05, 3.63) is 6.92 Å². The molecule has 8 heavy (non-hydrogen) atoms. The first-order valence-corrected chi connectivity index (χ1v) is 3.03. The van der Waals surface area contributed by atoms with E-state index in [1.807, 2.05) is 0 Å². The summed E-state index contributed by atoms with van der Waals surface area (Å²) in [5, 5.41) is 8.55. The first kappa shape index (κ1) is 5.62. The predicted octanol–water partition coefficient (Wildman–Crippen LogP) is 1.90. The Morgan fingerprint density at radius 3 is 2.25 bits per heavy atom. The Kier molecular flexibility index (Phi) is 1.25. The molecule has 0 spiro atoms. The van der Waals surface area contributed by atoms with Crippen LogP contribution in [0.1, 0.15) is 25.7 Å². The van der Waals surface area contributed by atoms with Crippen molar-refractivity contribution in [2.45, 2.75) is 25.7 Å². The molecule has 0 aromatic carbocycles. The summed E-state index contributed by atoms with van der Waals surface area (Å²) in [6, 6.07) is 2.30. The molecule has 1 aliphatic rings. The van der Waals surface area contributed by atoms with Gasteiger partial charge in [0, 0.05) is 0 Å². The monoisotopic (exact) mass is 108 g/mol. The van der Waals surface area contributed by atoms with Crippen LogP contribution in [0.3, 0.4) is 0 Å². The first-order chi connectivity index (χ1) is 3.83. The predicted molar refractivity (Wildman–Crippen MR) is 31.9 cm³/mol. The molecule has 1 radical (unpaired) electrons. The molecule has 43 valence electrons. The van der Waals surface area contributed by atoms with Gasteiger partial charge in [-0.1, -0.05) is 13.3 Å². The van der Waals surface area contributed by atoms with Crippen molar-refractivity contribution in [3.63, 3.8) is 0 Å². The van der Waals surface area contributed by atoms with Gasteiger partial charge < -0.3 is 0 Å². The number of nitrogens with zero attached hydrogens (tertiary/aromatic N) is 1. The highest BCUT2D eigenvalue weighted by Gasteiger charge is 2.34. The van der Waals surface area contributed by atoms with Crippen molar-refractivity contribution < 1.29 is 0 Å². The van der Waals surface area contributed by atoms with Crippen LogP contribution in [0.2, 0.25) is 0 Å². The normalized spacial score (nSPS) is 23.5. The zero-order valence-corrected chi connectivity index (χ0v) is 4.98. The van der Waals surface area contributed by atoms with Crippen LogP contribution in [0.25, 0.3) is 0 Å². The van der Waals surface area contributed by atoms with Crippen LogP contribution in [-0.4, -0.2) is 0 Å². The SMILES string of the molecule is [CH2]CC1(C#N)CCC1. The number of nitriles is 1. The van der Waals surface area contributed by atoms with Crippen LogP contribution in [0, 0.1) is 23.7 Å². The topological polar surface area (TPSA) is 23.8 Å². The highest BCUT2D eigenvalue weighted by atomic mass is 14.4. The average molecular weight is 108 g/mol. The van der Waals surface area contributed by atoms with E-state index < -0.39 is 0 Å². The number of hydrogen-bond acceptors (Lipinski definition) is 1. The summed E-state index contributed by atoms with van der Waals surface area (Å²) in [7, 11) is 0. The Hall–Kier alpha value is -0.510.